The molecular weight excluding hydrogens is 355 g/mol. The van der Waals surface area contributed by atoms with Crippen LogP contribution in [0.3, 0.4) is 0 Å². The Hall–Kier alpha value is -2.69. The van der Waals surface area contributed by atoms with Crippen molar-refractivity contribution in [2.24, 2.45) is 0 Å². The second kappa shape index (κ2) is 7.74. The van der Waals surface area contributed by atoms with Crippen LogP contribution in [0.25, 0.3) is 0 Å². The summed E-state index contributed by atoms with van der Waals surface area (Å²) in [5.41, 5.74) is 1.10. The zero-order valence-electron chi connectivity index (χ0n) is 16.6. The highest BCUT2D eigenvalue weighted by molar-refractivity contribution is 6.00. The average molecular weight is 382 g/mol. The standard InChI is InChI=1S/C23H27FN2O2/c1-22(2,3)26-20(27)16-6-12-19(13-7-16)25-21(28)23(14-4-5-15-23)17-8-10-18(24)11-9-17/h6-13H,4-5,14-15H2,1-3H3,(H,25,28)(H,26,27). The van der Waals surface area contributed by atoms with Gasteiger partial charge in [-0.1, -0.05) is 25.0 Å². The van der Waals surface area contributed by atoms with Gasteiger partial charge in [0.05, 0.1) is 5.41 Å². The number of anilines is 1. The van der Waals surface area contributed by atoms with E-state index >= 15 is 0 Å². The first-order chi connectivity index (χ1) is 13.2. The molecule has 2 amide bonds. The van der Waals surface area contributed by atoms with Crippen molar-refractivity contribution in [1.29, 1.82) is 0 Å². The van der Waals surface area contributed by atoms with Crippen molar-refractivity contribution in [3.05, 3.63) is 65.5 Å². The van der Waals surface area contributed by atoms with Crippen molar-refractivity contribution >= 4 is 17.5 Å². The van der Waals surface area contributed by atoms with E-state index in [4.69, 9.17) is 0 Å². The number of hydrogen-bond acceptors (Lipinski definition) is 2. The highest BCUT2D eigenvalue weighted by Crippen LogP contribution is 2.42. The largest absolute Gasteiger partial charge is 0.347 e. The lowest BCUT2D eigenvalue weighted by molar-refractivity contribution is -0.121. The molecule has 1 aliphatic rings. The van der Waals surface area contributed by atoms with Crippen molar-refractivity contribution in [3.8, 4) is 0 Å². The van der Waals surface area contributed by atoms with Crippen LogP contribution in [0.1, 0.15) is 62.4 Å². The molecule has 28 heavy (non-hydrogen) atoms. The van der Waals surface area contributed by atoms with E-state index in [-0.39, 0.29) is 23.2 Å². The highest BCUT2D eigenvalue weighted by atomic mass is 19.1. The Labute approximate surface area is 165 Å². The van der Waals surface area contributed by atoms with Crippen LogP contribution in [0.15, 0.2) is 48.5 Å². The van der Waals surface area contributed by atoms with Crippen molar-refractivity contribution in [1.82, 2.24) is 5.32 Å². The minimum atomic E-state index is -0.629. The molecule has 3 rings (SSSR count). The Morgan fingerprint density at radius 1 is 0.929 bits per heavy atom. The molecule has 0 radical (unpaired) electrons. The molecule has 2 N–H and O–H groups in total. The Morgan fingerprint density at radius 2 is 1.50 bits per heavy atom. The Bertz CT molecular complexity index is 846. The van der Waals surface area contributed by atoms with Crippen LogP contribution in [0, 0.1) is 5.82 Å². The van der Waals surface area contributed by atoms with Crippen LogP contribution >= 0.6 is 0 Å². The molecule has 1 aliphatic carbocycles. The first-order valence-electron chi connectivity index (χ1n) is 9.70. The van der Waals surface area contributed by atoms with Gasteiger partial charge in [0.1, 0.15) is 5.82 Å². The van der Waals surface area contributed by atoms with E-state index in [0.717, 1.165) is 31.2 Å². The number of carbonyl (C=O) groups is 2. The second-order valence-electron chi connectivity index (χ2n) is 8.53. The van der Waals surface area contributed by atoms with Crippen LogP contribution in [0.5, 0.6) is 0 Å². The molecule has 2 aromatic carbocycles. The molecule has 1 fully saturated rings. The lowest BCUT2D eigenvalue weighted by Crippen LogP contribution is -2.40. The lowest BCUT2D eigenvalue weighted by atomic mass is 9.78. The Kier molecular flexibility index (Phi) is 5.54. The second-order valence-corrected chi connectivity index (χ2v) is 8.53. The van der Waals surface area contributed by atoms with E-state index in [9.17, 15) is 14.0 Å². The van der Waals surface area contributed by atoms with E-state index < -0.39 is 5.41 Å². The summed E-state index contributed by atoms with van der Waals surface area (Å²) < 4.78 is 13.3. The minimum Gasteiger partial charge on any atom is -0.347 e. The SMILES string of the molecule is CC(C)(C)NC(=O)c1ccc(NC(=O)C2(c3ccc(F)cc3)CCCC2)cc1. The van der Waals surface area contributed by atoms with Gasteiger partial charge in [-0.15, -0.1) is 0 Å². The molecule has 5 heteroatoms. The molecule has 4 nitrogen and oxygen atoms in total. The number of benzene rings is 2. The molecule has 0 saturated heterocycles. The molecule has 0 spiro atoms. The summed E-state index contributed by atoms with van der Waals surface area (Å²) in [4.78, 5) is 25.4. The van der Waals surface area contributed by atoms with Crippen LogP contribution in [-0.2, 0) is 10.2 Å². The van der Waals surface area contributed by atoms with Crippen LogP contribution in [0.4, 0.5) is 10.1 Å². The third-order valence-corrected chi connectivity index (χ3v) is 5.18. The van der Waals surface area contributed by atoms with Gasteiger partial charge in [-0.05, 0) is 75.6 Å². The zero-order chi connectivity index (χ0) is 20.4. The van der Waals surface area contributed by atoms with Gasteiger partial charge in [0, 0.05) is 16.8 Å². The van der Waals surface area contributed by atoms with Gasteiger partial charge in [0.2, 0.25) is 5.91 Å². The third kappa shape index (κ3) is 4.41. The summed E-state index contributed by atoms with van der Waals surface area (Å²) in [6.07, 6.45) is 3.43. The molecule has 2 aromatic rings. The summed E-state index contributed by atoms with van der Waals surface area (Å²) in [5, 5.41) is 5.90. The molecule has 0 atom stereocenters. The molecule has 148 valence electrons. The molecule has 1 saturated carbocycles. The number of rotatable bonds is 4. The number of hydrogen-bond donors (Lipinski definition) is 2. The summed E-state index contributed by atoms with van der Waals surface area (Å²) in [6, 6.07) is 13.1. The Morgan fingerprint density at radius 3 is 2.04 bits per heavy atom. The number of amides is 2. The fourth-order valence-corrected chi connectivity index (χ4v) is 3.76. The molecule has 0 heterocycles. The van der Waals surface area contributed by atoms with Crippen molar-refractivity contribution in [2.75, 3.05) is 5.32 Å². The maximum Gasteiger partial charge on any atom is 0.251 e. The number of nitrogens with one attached hydrogen (secondary N) is 2. The maximum absolute atomic E-state index is 13.3. The van der Waals surface area contributed by atoms with Crippen molar-refractivity contribution in [3.63, 3.8) is 0 Å². The molecule has 0 aliphatic heterocycles. The molecule has 0 aromatic heterocycles. The van der Waals surface area contributed by atoms with E-state index in [1.54, 1.807) is 36.4 Å². The van der Waals surface area contributed by atoms with Gasteiger partial charge < -0.3 is 10.6 Å². The van der Waals surface area contributed by atoms with Gasteiger partial charge in [0.15, 0.2) is 0 Å². The van der Waals surface area contributed by atoms with Crippen molar-refractivity contribution in [2.45, 2.75) is 57.4 Å². The number of carbonyl (C=O) groups excluding carboxylic acids is 2. The van der Waals surface area contributed by atoms with E-state index in [1.165, 1.54) is 12.1 Å². The topological polar surface area (TPSA) is 58.2 Å². The minimum absolute atomic E-state index is 0.0801. The van der Waals surface area contributed by atoms with Gasteiger partial charge >= 0.3 is 0 Å². The van der Waals surface area contributed by atoms with Crippen LogP contribution in [0.2, 0.25) is 0 Å². The van der Waals surface area contributed by atoms with Crippen molar-refractivity contribution < 1.29 is 14.0 Å². The smallest absolute Gasteiger partial charge is 0.251 e. The van der Waals surface area contributed by atoms with Crippen LogP contribution < -0.4 is 10.6 Å². The van der Waals surface area contributed by atoms with E-state index in [2.05, 4.69) is 10.6 Å². The van der Waals surface area contributed by atoms with Gasteiger partial charge in [-0.2, -0.15) is 0 Å². The van der Waals surface area contributed by atoms with Gasteiger partial charge in [-0.25, -0.2) is 4.39 Å². The fraction of sp³-hybridized carbons (Fsp3) is 0.391. The van der Waals surface area contributed by atoms with Crippen LogP contribution in [-0.4, -0.2) is 17.4 Å². The first kappa shape index (κ1) is 20.1. The predicted molar refractivity (Wildman–Crippen MR) is 109 cm³/mol. The summed E-state index contributed by atoms with van der Waals surface area (Å²) in [6.45, 7) is 5.78. The normalized spacial score (nSPS) is 15.9. The third-order valence-electron chi connectivity index (χ3n) is 5.18. The molecule has 0 unspecified atom stereocenters. The molecular formula is C23H27FN2O2. The average Bonchev–Trinajstić information content (AvgIpc) is 3.12. The van der Waals surface area contributed by atoms with Gasteiger partial charge in [-0.3, -0.25) is 9.59 Å². The van der Waals surface area contributed by atoms with E-state index in [0.29, 0.717) is 11.3 Å². The maximum atomic E-state index is 13.3. The van der Waals surface area contributed by atoms with Gasteiger partial charge in [0.25, 0.3) is 5.91 Å². The lowest BCUT2D eigenvalue weighted by Gasteiger charge is -2.28. The fourth-order valence-electron chi connectivity index (χ4n) is 3.76. The summed E-state index contributed by atoms with van der Waals surface area (Å²) >= 11 is 0. The monoisotopic (exact) mass is 382 g/mol. The summed E-state index contributed by atoms with van der Waals surface area (Å²) in [5.74, 6) is -0.533. The first-order valence-corrected chi connectivity index (χ1v) is 9.70. The Balaban J connectivity index is 1.76. The quantitative estimate of drug-likeness (QED) is 0.798. The highest BCUT2D eigenvalue weighted by Gasteiger charge is 2.42. The zero-order valence-corrected chi connectivity index (χ0v) is 16.6. The molecule has 0 bridgehead atoms. The summed E-state index contributed by atoms with van der Waals surface area (Å²) in [7, 11) is 0. The predicted octanol–water partition coefficient (Wildman–Crippen LogP) is 4.80. The van der Waals surface area contributed by atoms with E-state index in [1.807, 2.05) is 20.8 Å². The number of halogens is 1.